The van der Waals surface area contributed by atoms with Gasteiger partial charge in [-0.15, -0.1) is 0 Å². The molecular formula is C27H29N3O6. The molecule has 0 spiro atoms. The number of carbonyl (C=O) groups excluding carboxylic acids is 3. The highest BCUT2D eigenvalue weighted by atomic mass is 16.3. The van der Waals surface area contributed by atoms with Crippen LogP contribution in [-0.4, -0.2) is 52.5 Å². The summed E-state index contributed by atoms with van der Waals surface area (Å²) in [5.41, 5.74) is 13.6. The quantitative estimate of drug-likeness (QED) is 0.132. The second-order valence-corrected chi connectivity index (χ2v) is 8.63. The second-order valence-electron chi connectivity index (χ2n) is 8.63. The standard InChI is InChI=1S/C27H29N3O6/c28-20-7-1-17(2-8-20)23(34)26(15-32,16-33)27(13-14-31,24(35)18-3-9-21(29)10-4-18)25(36)19-5-11-22(30)12-6-19/h1-12,31-33H,13-16,28-30H2. The Morgan fingerprint density at radius 3 is 1.14 bits per heavy atom. The van der Waals surface area contributed by atoms with Gasteiger partial charge in [-0.1, -0.05) is 0 Å². The van der Waals surface area contributed by atoms with Gasteiger partial charge in [0.2, 0.25) is 0 Å². The maximum absolute atomic E-state index is 14.2. The van der Waals surface area contributed by atoms with E-state index in [9.17, 15) is 29.7 Å². The number of rotatable bonds is 11. The van der Waals surface area contributed by atoms with Gasteiger partial charge in [0.1, 0.15) is 5.41 Å². The van der Waals surface area contributed by atoms with Crippen molar-refractivity contribution >= 4 is 34.4 Å². The zero-order chi connectivity index (χ0) is 26.5. The molecule has 0 saturated carbocycles. The van der Waals surface area contributed by atoms with Gasteiger partial charge in [0.15, 0.2) is 17.3 Å². The molecule has 0 amide bonds. The van der Waals surface area contributed by atoms with Crippen LogP contribution in [0.4, 0.5) is 17.1 Å². The molecule has 0 fully saturated rings. The van der Waals surface area contributed by atoms with Gasteiger partial charge in [-0.2, -0.15) is 0 Å². The maximum atomic E-state index is 14.2. The minimum Gasteiger partial charge on any atom is -0.399 e. The Bertz CT molecular complexity index is 1180. The topological polar surface area (TPSA) is 190 Å². The molecule has 0 heterocycles. The van der Waals surface area contributed by atoms with Crippen molar-refractivity contribution in [2.45, 2.75) is 6.42 Å². The third kappa shape index (κ3) is 4.47. The van der Waals surface area contributed by atoms with E-state index < -0.39 is 54.4 Å². The van der Waals surface area contributed by atoms with Crippen LogP contribution in [0, 0.1) is 10.8 Å². The van der Waals surface area contributed by atoms with Crippen molar-refractivity contribution in [3.8, 4) is 0 Å². The van der Waals surface area contributed by atoms with Gasteiger partial charge in [0.25, 0.3) is 0 Å². The molecule has 3 aromatic rings. The van der Waals surface area contributed by atoms with E-state index in [0.29, 0.717) is 17.1 Å². The first-order chi connectivity index (χ1) is 17.2. The van der Waals surface area contributed by atoms with Crippen molar-refractivity contribution in [2.24, 2.45) is 10.8 Å². The van der Waals surface area contributed by atoms with Crippen LogP contribution in [0.2, 0.25) is 0 Å². The molecular weight excluding hydrogens is 462 g/mol. The number of benzene rings is 3. The third-order valence-corrected chi connectivity index (χ3v) is 6.57. The van der Waals surface area contributed by atoms with Crippen molar-refractivity contribution in [1.29, 1.82) is 0 Å². The molecule has 0 radical (unpaired) electrons. The van der Waals surface area contributed by atoms with Crippen LogP contribution >= 0.6 is 0 Å². The number of nitrogen functional groups attached to an aromatic ring is 3. The van der Waals surface area contributed by atoms with E-state index in [0.717, 1.165) is 0 Å². The van der Waals surface area contributed by atoms with Crippen LogP contribution in [0.1, 0.15) is 37.5 Å². The maximum Gasteiger partial charge on any atom is 0.178 e. The first kappa shape index (κ1) is 26.6. The van der Waals surface area contributed by atoms with Crippen LogP contribution in [-0.2, 0) is 0 Å². The Balaban J connectivity index is 2.37. The van der Waals surface area contributed by atoms with Gasteiger partial charge in [0, 0.05) is 40.4 Å². The van der Waals surface area contributed by atoms with Gasteiger partial charge in [-0.25, -0.2) is 0 Å². The van der Waals surface area contributed by atoms with E-state index in [1.54, 1.807) is 0 Å². The van der Waals surface area contributed by atoms with E-state index in [2.05, 4.69) is 0 Å². The van der Waals surface area contributed by atoms with Gasteiger partial charge in [-0.05, 0) is 79.2 Å². The Kier molecular flexibility index (Phi) is 7.89. The van der Waals surface area contributed by atoms with Crippen LogP contribution in [0.15, 0.2) is 72.8 Å². The highest BCUT2D eigenvalue weighted by molar-refractivity contribution is 6.24. The van der Waals surface area contributed by atoms with E-state index in [1.165, 1.54) is 72.8 Å². The predicted molar refractivity (Wildman–Crippen MR) is 136 cm³/mol. The number of ketones is 3. The molecule has 0 aromatic heterocycles. The molecule has 9 heteroatoms. The summed E-state index contributed by atoms with van der Waals surface area (Å²) in [6.45, 7) is -2.82. The second kappa shape index (κ2) is 10.7. The van der Waals surface area contributed by atoms with E-state index >= 15 is 0 Å². The fraction of sp³-hybridized carbons (Fsp3) is 0.222. The monoisotopic (exact) mass is 491 g/mol. The molecule has 0 aliphatic carbocycles. The predicted octanol–water partition coefficient (Wildman–Crippen LogP) is 1.72. The Morgan fingerprint density at radius 1 is 0.556 bits per heavy atom. The smallest absolute Gasteiger partial charge is 0.178 e. The lowest BCUT2D eigenvalue weighted by Crippen LogP contribution is -2.61. The number of hydrogen-bond donors (Lipinski definition) is 6. The fourth-order valence-electron chi connectivity index (χ4n) is 4.50. The van der Waals surface area contributed by atoms with Gasteiger partial charge >= 0.3 is 0 Å². The Labute approximate surface area is 208 Å². The molecule has 36 heavy (non-hydrogen) atoms. The average Bonchev–Trinajstić information content (AvgIpc) is 2.89. The molecule has 3 rings (SSSR count). The van der Waals surface area contributed by atoms with Crippen LogP contribution < -0.4 is 17.2 Å². The van der Waals surface area contributed by atoms with Gasteiger partial charge in [-0.3, -0.25) is 14.4 Å². The van der Waals surface area contributed by atoms with Crippen LogP contribution in [0.25, 0.3) is 0 Å². The normalized spacial score (nSPS) is 11.8. The summed E-state index contributed by atoms with van der Waals surface area (Å²) in [6.07, 6.45) is -0.554. The Hall–Kier alpha value is -4.05. The summed E-state index contributed by atoms with van der Waals surface area (Å²) in [7, 11) is 0. The average molecular weight is 492 g/mol. The van der Waals surface area contributed by atoms with Gasteiger partial charge in [0.05, 0.1) is 18.6 Å². The molecule has 0 aliphatic rings. The Morgan fingerprint density at radius 2 is 0.861 bits per heavy atom. The number of hydrogen-bond acceptors (Lipinski definition) is 9. The van der Waals surface area contributed by atoms with Crippen molar-refractivity contribution in [3.63, 3.8) is 0 Å². The summed E-state index contributed by atoms with van der Waals surface area (Å²) in [4.78, 5) is 42.4. The van der Waals surface area contributed by atoms with Crippen molar-refractivity contribution in [3.05, 3.63) is 89.5 Å². The number of carbonyl (C=O) groups is 3. The summed E-state index contributed by atoms with van der Waals surface area (Å²) < 4.78 is 0. The lowest BCUT2D eigenvalue weighted by molar-refractivity contribution is -0.0255. The molecule has 0 aliphatic heterocycles. The lowest BCUT2D eigenvalue weighted by atomic mass is 9.53. The molecule has 0 atom stereocenters. The van der Waals surface area contributed by atoms with Crippen LogP contribution in [0.3, 0.4) is 0 Å². The van der Waals surface area contributed by atoms with E-state index in [1.807, 2.05) is 0 Å². The van der Waals surface area contributed by atoms with Crippen molar-refractivity contribution < 1.29 is 29.7 Å². The molecule has 0 saturated heterocycles. The SMILES string of the molecule is Nc1ccc(C(=O)C(CO)(CO)C(CCO)(C(=O)c2ccc(N)cc2)C(=O)c2ccc(N)cc2)cc1. The molecule has 3 aromatic carbocycles. The largest absolute Gasteiger partial charge is 0.399 e. The zero-order valence-electron chi connectivity index (χ0n) is 19.6. The summed E-state index contributed by atoms with van der Waals surface area (Å²) in [6, 6.07) is 17.0. The molecule has 9 N–H and O–H groups in total. The van der Waals surface area contributed by atoms with Crippen molar-refractivity contribution in [1.82, 2.24) is 0 Å². The van der Waals surface area contributed by atoms with Gasteiger partial charge < -0.3 is 32.5 Å². The number of Topliss-reactive ketones (excluding diaryl/α,β-unsaturated/α-hetero) is 3. The summed E-state index contributed by atoms with van der Waals surface area (Å²) in [5, 5.41) is 31.4. The summed E-state index contributed by atoms with van der Waals surface area (Å²) >= 11 is 0. The minimum atomic E-state index is -2.39. The number of nitrogens with two attached hydrogens (primary N) is 3. The molecule has 188 valence electrons. The van der Waals surface area contributed by atoms with Crippen molar-refractivity contribution in [2.75, 3.05) is 37.0 Å². The lowest BCUT2D eigenvalue weighted by Gasteiger charge is -2.45. The number of anilines is 3. The minimum absolute atomic E-state index is 0.0119. The third-order valence-electron chi connectivity index (χ3n) is 6.57. The zero-order valence-corrected chi connectivity index (χ0v) is 19.6. The number of aliphatic hydroxyl groups is 3. The fourth-order valence-corrected chi connectivity index (χ4v) is 4.50. The van der Waals surface area contributed by atoms with E-state index in [-0.39, 0.29) is 16.7 Å². The summed E-state index contributed by atoms with van der Waals surface area (Å²) in [5.74, 6) is -2.57. The molecule has 0 bridgehead atoms. The highest BCUT2D eigenvalue weighted by Gasteiger charge is 2.64. The number of aliphatic hydroxyl groups excluding tert-OH is 3. The first-order valence-corrected chi connectivity index (χ1v) is 11.2. The molecule has 0 unspecified atom stereocenters. The van der Waals surface area contributed by atoms with E-state index in [4.69, 9.17) is 17.2 Å². The highest BCUT2D eigenvalue weighted by Crippen LogP contribution is 2.49. The molecule has 9 nitrogen and oxygen atoms in total. The van der Waals surface area contributed by atoms with Crippen LogP contribution in [0.5, 0.6) is 0 Å². The first-order valence-electron chi connectivity index (χ1n) is 11.2.